The molecule has 0 aromatic heterocycles. The highest BCUT2D eigenvalue weighted by Gasteiger charge is 2.61. The highest BCUT2D eigenvalue weighted by molar-refractivity contribution is 5.81. The van der Waals surface area contributed by atoms with Crippen molar-refractivity contribution in [1.29, 1.82) is 0 Å². The number of carbonyl (C=O) groups excluding carboxylic acids is 1. The van der Waals surface area contributed by atoms with E-state index in [4.69, 9.17) is 0 Å². The van der Waals surface area contributed by atoms with Gasteiger partial charge in [0.05, 0.1) is 6.61 Å². The summed E-state index contributed by atoms with van der Waals surface area (Å²) in [6.45, 7) is 13.7. The Morgan fingerprint density at radius 2 is 1.78 bits per heavy atom. The summed E-state index contributed by atoms with van der Waals surface area (Å²) < 4.78 is 0. The van der Waals surface area contributed by atoms with Gasteiger partial charge in [-0.15, -0.1) is 0 Å². The fourth-order valence-electron chi connectivity index (χ4n) is 8.97. The Kier molecular flexibility index (Phi) is 8.12. The lowest BCUT2D eigenvalue weighted by atomic mass is 9.51. The topological polar surface area (TPSA) is 72.8 Å². The van der Waals surface area contributed by atoms with Gasteiger partial charge in [-0.25, -0.2) is 0 Å². The van der Waals surface area contributed by atoms with Crippen LogP contribution >= 0.6 is 0 Å². The molecule has 0 saturated heterocycles. The Morgan fingerprint density at radius 1 is 1.11 bits per heavy atom. The van der Waals surface area contributed by atoms with Crippen LogP contribution in [0.5, 0.6) is 0 Å². The van der Waals surface area contributed by atoms with Crippen LogP contribution in [0.3, 0.4) is 0 Å². The van der Waals surface area contributed by atoms with Crippen LogP contribution in [0.1, 0.15) is 92.9 Å². The van der Waals surface area contributed by atoms with Crippen molar-refractivity contribution in [2.75, 3.05) is 20.7 Å². The van der Waals surface area contributed by atoms with E-state index in [1.54, 1.807) is 0 Å². The Labute approximate surface area is 226 Å². The van der Waals surface area contributed by atoms with Gasteiger partial charge in [0.2, 0.25) is 5.91 Å². The molecular weight excluding hydrogens is 460 g/mol. The zero-order valence-corrected chi connectivity index (χ0v) is 24.8. The molecule has 0 aliphatic heterocycles. The van der Waals surface area contributed by atoms with Crippen molar-refractivity contribution in [3.63, 3.8) is 0 Å². The number of rotatable bonds is 7. The monoisotopic (exact) mass is 514 g/mol. The van der Waals surface area contributed by atoms with Crippen LogP contribution in [-0.4, -0.2) is 59.9 Å². The van der Waals surface area contributed by atoms with E-state index in [0.29, 0.717) is 23.3 Å². The Morgan fingerprint density at radius 3 is 2.41 bits per heavy atom. The third-order valence-electron chi connectivity index (χ3n) is 12.4. The number of fused-ring (bicyclic) bond motifs is 4. The smallest absolute Gasteiger partial charge is 0.249 e. The second-order valence-electron chi connectivity index (χ2n) is 14.1. The molecule has 0 radical (unpaired) electrons. The number of hydrogen-bond acceptors (Lipinski definition) is 4. The van der Waals surface area contributed by atoms with Crippen LogP contribution in [0.25, 0.3) is 0 Å². The van der Waals surface area contributed by atoms with Crippen molar-refractivity contribution >= 4 is 5.91 Å². The fourth-order valence-corrected chi connectivity index (χ4v) is 8.97. The maximum atomic E-state index is 12.9. The lowest BCUT2D eigenvalue weighted by Crippen LogP contribution is -2.57. The number of nitrogens with zero attached hydrogens (tertiary/aromatic N) is 1. The van der Waals surface area contributed by atoms with Crippen molar-refractivity contribution < 1.29 is 15.0 Å². The van der Waals surface area contributed by atoms with Crippen molar-refractivity contribution in [2.24, 2.45) is 39.9 Å². The summed E-state index contributed by atoms with van der Waals surface area (Å²) in [4.78, 5) is 15.3. The summed E-state index contributed by atoms with van der Waals surface area (Å²) >= 11 is 0. The van der Waals surface area contributed by atoms with Crippen molar-refractivity contribution in [1.82, 2.24) is 10.2 Å². The largest absolute Gasteiger partial charge is 0.396 e. The van der Waals surface area contributed by atoms with E-state index in [9.17, 15) is 15.0 Å². The lowest BCUT2D eigenvalue weighted by Gasteiger charge is -2.54. The number of hydrogen-bond donors (Lipinski definition) is 3. The number of carbonyl (C=O) groups is 1. The van der Waals surface area contributed by atoms with Gasteiger partial charge in [0, 0.05) is 17.5 Å². The average molecular weight is 515 g/mol. The quantitative estimate of drug-likeness (QED) is 0.430. The molecule has 0 heterocycles. The Hall–Kier alpha value is -1.17. The molecule has 1 amide bonds. The van der Waals surface area contributed by atoms with Gasteiger partial charge in [0.15, 0.2) is 0 Å². The van der Waals surface area contributed by atoms with Crippen LogP contribution in [0.2, 0.25) is 0 Å². The molecule has 210 valence electrons. The zero-order chi connectivity index (χ0) is 27.3. The molecular formula is C32H54N2O3. The maximum Gasteiger partial charge on any atom is 0.249 e. The fraction of sp³-hybridized carbons (Fsp3) is 0.844. The molecule has 0 aromatic carbocycles. The molecule has 4 aliphatic carbocycles. The third-order valence-corrected chi connectivity index (χ3v) is 12.4. The van der Waals surface area contributed by atoms with Gasteiger partial charge >= 0.3 is 0 Å². The second kappa shape index (κ2) is 10.4. The molecule has 0 spiro atoms. The number of aliphatic hydroxyl groups excluding tert-OH is 2. The molecule has 0 aromatic rings. The first-order chi connectivity index (χ1) is 17.3. The first kappa shape index (κ1) is 28.8. The van der Waals surface area contributed by atoms with Crippen LogP contribution in [0.4, 0.5) is 0 Å². The van der Waals surface area contributed by atoms with Crippen LogP contribution in [0, 0.1) is 39.9 Å². The SMILES string of the molecule is CCC(C)[C@@H](O)C(=O)N[C@H]1CCC2=CC3=CC[C@]4(C)[C@@H]([C@H](C)N(C)C)CC[C@@]4(C)[C@@H]3CC[C@H]2[C@]1(C)CO. The van der Waals surface area contributed by atoms with E-state index < -0.39 is 11.5 Å². The van der Waals surface area contributed by atoms with E-state index in [1.807, 2.05) is 13.8 Å². The summed E-state index contributed by atoms with van der Waals surface area (Å²) in [6, 6.07) is 0.443. The summed E-state index contributed by atoms with van der Waals surface area (Å²) in [5, 5.41) is 24.4. The molecule has 2 fully saturated rings. The summed E-state index contributed by atoms with van der Waals surface area (Å²) in [5.74, 6) is 1.13. The molecule has 37 heavy (non-hydrogen) atoms. The summed E-state index contributed by atoms with van der Waals surface area (Å²) in [6.07, 6.45) is 12.5. The van der Waals surface area contributed by atoms with E-state index >= 15 is 0 Å². The van der Waals surface area contributed by atoms with E-state index in [-0.39, 0.29) is 35.8 Å². The van der Waals surface area contributed by atoms with Crippen LogP contribution in [0.15, 0.2) is 23.3 Å². The van der Waals surface area contributed by atoms with E-state index in [1.165, 1.54) is 24.0 Å². The number of nitrogens with one attached hydrogen (secondary N) is 1. The van der Waals surface area contributed by atoms with Gasteiger partial charge in [0.25, 0.3) is 0 Å². The van der Waals surface area contributed by atoms with Gasteiger partial charge in [-0.1, -0.05) is 58.8 Å². The average Bonchev–Trinajstić information content (AvgIpc) is 3.01. The zero-order valence-electron chi connectivity index (χ0n) is 24.8. The maximum absolute atomic E-state index is 12.9. The van der Waals surface area contributed by atoms with Crippen molar-refractivity contribution in [2.45, 2.75) is 111 Å². The van der Waals surface area contributed by atoms with Gasteiger partial charge in [-0.05, 0) is 106 Å². The minimum atomic E-state index is -0.996. The van der Waals surface area contributed by atoms with Crippen molar-refractivity contribution in [3.05, 3.63) is 23.3 Å². The first-order valence-corrected chi connectivity index (χ1v) is 15.0. The standard InChI is InChI=1S/C32H54N2O3/c1-9-20(2)28(36)29(37)33-27-13-10-22-18-23-14-16-31(5)24(21(3)34(7)8)15-17-32(31,6)26(23)12-11-25(22)30(27,4)19-35/h14,18,20-21,24-28,35-36H,9-13,15-17,19H2,1-8H3,(H,33,37)/t20?,21-,24+,25+,26+,27-,28+,30-,31+,32-/m0/s1. The minimum absolute atomic E-state index is 0.0422. The molecule has 1 unspecified atom stereocenters. The first-order valence-electron chi connectivity index (χ1n) is 15.0. The van der Waals surface area contributed by atoms with Crippen molar-refractivity contribution in [3.8, 4) is 0 Å². The normalized spacial score (nSPS) is 41.9. The number of aliphatic hydroxyl groups is 2. The molecule has 10 atom stereocenters. The predicted molar refractivity (Wildman–Crippen MR) is 151 cm³/mol. The van der Waals surface area contributed by atoms with Gasteiger partial charge in [-0.2, -0.15) is 0 Å². The van der Waals surface area contributed by atoms with Crippen LogP contribution < -0.4 is 5.32 Å². The van der Waals surface area contributed by atoms with Gasteiger partial charge in [0.1, 0.15) is 6.10 Å². The Balaban J connectivity index is 1.59. The molecule has 2 saturated carbocycles. The molecule has 5 nitrogen and oxygen atoms in total. The summed E-state index contributed by atoms with van der Waals surface area (Å²) in [5.41, 5.74) is 3.14. The molecule has 4 rings (SSSR count). The third kappa shape index (κ3) is 4.55. The highest BCUT2D eigenvalue weighted by atomic mass is 16.3. The second-order valence-corrected chi connectivity index (χ2v) is 14.1. The van der Waals surface area contributed by atoms with Crippen LogP contribution in [-0.2, 0) is 4.79 Å². The molecule has 4 aliphatic rings. The minimum Gasteiger partial charge on any atom is -0.396 e. The molecule has 5 heteroatoms. The molecule has 3 N–H and O–H groups in total. The van der Waals surface area contributed by atoms with Gasteiger partial charge < -0.3 is 20.4 Å². The Bertz CT molecular complexity index is 927. The van der Waals surface area contributed by atoms with E-state index in [0.717, 1.165) is 38.5 Å². The van der Waals surface area contributed by atoms with E-state index in [2.05, 4.69) is 64.2 Å². The molecule has 0 bridgehead atoms. The highest BCUT2D eigenvalue weighted by Crippen LogP contribution is 2.68. The van der Waals surface area contributed by atoms with Gasteiger partial charge in [-0.3, -0.25) is 4.79 Å². The number of allylic oxidation sites excluding steroid dienone is 4. The predicted octanol–water partition coefficient (Wildman–Crippen LogP) is 5.33. The lowest BCUT2D eigenvalue weighted by molar-refractivity contribution is -0.134. The summed E-state index contributed by atoms with van der Waals surface area (Å²) in [7, 11) is 4.45. The number of amides is 1.